The molecule has 0 spiro atoms. The Morgan fingerprint density at radius 1 is 1.28 bits per heavy atom. The molecule has 2 heterocycles. The molecule has 1 unspecified atom stereocenters. The van der Waals surface area contributed by atoms with Crippen LogP contribution in [0.1, 0.15) is 24.9 Å². The highest BCUT2D eigenvalue weighted by Gasteiger charge is 2.20. The Hall–Kier alpha value is -2.31. The number of anilines is 1. The minimum atomic E-state index is -0.439. The lowest BCUT2D eigenvalue weighted by atomic mass is 10.2. The van der Waals surface area contributed by atoms with Gasteiger partial charge in [-0.15, -0.1) is 0 Å². The van der Waals surface area contributed by atoms with Crippen molar-refractivity contribution in [3.05, 3.63) is 64.5 Å². The first kappa shape index (κ1) is 17.5. The van der Waals surface area contributed by atoms with Crippen molar-refractivity contribution in [1.29, 1.82) is 0 Å². The van der Waals surface area contributed by atoms with Crippen LogP contribution in [-0.2, 0) is 11.3 Å². The number of carbonyl (C=O) groups is 1. The van der Waals surface area contributed by atoms with Crippen LogP contribution >= 0.6 is 23.2 Å². The van der Waals surface area contributed by atoms with E-state index in [-0.39, 0.29) is 5.91 Å². The van der Waals surface area contributed by atoms with Crippen LogP contribution in [0.5, 0.6) is 0 Å². The van der Waals surface area contributed by atoms with Gasteiger partial charge in [-0.25, -0.2) is 0 Å². The monoisotopic (exact) mass is 377 g/mol. The highest BCUT2D eigenvalue weighted by Crippen LogP contribution is 2.17. The van der Waals surface area contributed by atoms with E-state index in [0.717, 1.165) is 5.56 Å². The Morgan fingerprint density at radius 3 is 2.80 bits per heavy atom. The molecule has 1 amide bonds. The van der Waals surface area contributed by atoms with Gasteiger partial charge in [0.25, 0.3) is 0 Å². The van der Waals surface area contributed by atoms with Crippen LogP contribution in [0.15, 0.2) is 48.9 Å². The Bertz CT molecular complexity index is 873. The molecule has 0 aliphatic carbocycles. The molecule has 3 aromatic rings. The van der Waals surface area contributed by atoms with Crippen molar-refractivity contribution in [2.24, 2.45) is 0 Å². The fourth-order valence-corrected chi connectivity index (χ4v) is 2.88. The molecule has 0 saturated heterocycles. The number of nitrogens with zero attached hydrogens (tertiary/aromatic N) is 4. The van der Waals surface area contributed by atoms with Crippen molar-refractivity contribution >= 4 is 34.9 Å². The third-order valence-corrected chi connectivity index (χ3v) is 4.13. The second kappa shape index (κ2) is 7.72. The summed E-state index contributed by atoms with van der Waals surface area (Å²) in [4.78, 5) is 12.5. The Labute approximate surface area is 155 Å². The zero-order valence-electron chi connectivity index (χ0n) is 13.6. The van der Waals surface area contributed by atoms with Gasteiger partial charge in [-0.2, -0.15) is 10.2 Å². The van der Waals surface area contributed by atoms with Crippen molar-refractivity contribution in [3.8, 4) is 0 Å². The minimum absolute atomic E-state index is 0.185. The topological polar surface area (TPSA) is 64.7 Å². The first-order valence-electron chi connectivity index (χ1n) is 7.83. The van der Waals surface area contributed by atoms with Crippen molar-refractivity contribution < 1.29 is 4.79 Å². The molecule has 3 rings (SSSR count). The quantitative estimate of drug-likeness (QED) is 0.705. The summed E-state index contributed by atoms with van der Waals surface area (Å²) in [6, 6.07) is 8.89. The van der Waals surface area contributed by atoms with Gasteiger partial charge in [0.15, 0.2) is 5.82 Å². The second-order valence-electron chi connectivity index (χ2n) is 5.58. The first-order valence-corrected chi connectivity index (χ1v) is 8.59. The van der Waals surface area contributed by atoms with E-state index in [2.05, 4.69) is 15.5 Å². The molecule has 0 bridgehead atoms. The lowest BCUT2D eigenvalue weighted by Gasteiger charge is -2.14. The fourth-order valence-electron chi connectivity index (χ4n) is 2.53. The number of aromatic nitrogens is 4. The lowest BCUT2D eigenvalue weighted by Crippen LogP contribution is -2.26. The normalized spacial score (nSPS) is 12.1. The minimum Gasteiger partial charge on any atom is -0.307 e. The van der Waals surface area contributed by atoms with Crippen molar-refractivity contribution in [3.63, 3.8) is 0 Å². The molecule has 25 heavy (non-hydrogen) atoms. The molecular weight excluding hydrogens is 361 g/mol. The molecule has 130 valence electrons. The summed E-state index contributed by atoms with van der Waals surface area (Å²) in [6.45, 7) is 2.49. The summed E-state index contributed by atoms with van der Waals surface area (Å²) in [7, 11) is 0. The number of halogens is 2. The number of hydrogen-bond acceptors (Lipinski definition) is 3. The predicted octanol–water partition coefficient (Wildman–Crippen LogP) is 4.02. The van der Waals surface area contributed by atoms with Gasteiger partial charge in [-0.05, 0) is 24.1 Å². The second-order valence-corrected chi connectivity index (χ2v) is 6.45. The Morgan fingerprint density at radius 2 is 2.12 bits per heavy atom. The van der Waals surface area contributed by atoms with Crippen LogP contribution in [0.4, 0.5) is 5.82 Å². The Balaban J connectivity index is 1.67. The van der Waals surface area contributed by atoms with Crippen molar-refractivity contribution in [1.82, 2.24) is 19.6 Å². The van der Waals surface area contributed by atoms with Gasteiger partial charge in [-0.1, -0.05) is 42.3 Å². The molecular formula is C17H17Cl2N5O. The number of rotatable bonds is 6. The number of amides is 1. The van der Waals surface area contributed by atoms with E-state index in [1.807, 2.05) is 37.4 Å². The molecule has 0 saturated carbocycles. The van der Waals surface area contributed by atoms with Gasteiger partial charge in [0.05, 0.1) is 17.8 Å². The maximum Gasteiger partial charge on any atom is 0.250 e. The number of benzene rings is 1. The molecule has 6 nitrogen and oxygen atoms in total. The van der Waals surface area contributed by atoms with Crippen LogP contribution in [0, 0.1) is 0 Å². The van der Waals surface area contributed by atoms with Crippen molar-refractivity contribution in [2.75, 3.05) is 5.32 Å². The van der Waals surface area contributed by atoms with Gasteiger partial charge in [0.1, 0.15) is 6.04 Å². The van der Waals surface area contributed by atoms with E-state index < -0.39 is 6.04 Å². The summed E-state index contributed by atoms with van der Waals surface area (Å²) in [5.41, 5.74) is 1.03. The van der Waals surface area contributed by atoms with Crippen LogP contribution in [0.3, 0.4) is 0 Å². The van der Waals surface area contributed by atoms with E-state index in [9.17, 15) is 4.79 Å². The molecule has 0 aliphatic rings. The zero-order chi connectivity index (χ0) is 17.8. The standard InChI is InChI=1S/C17H17Cl2N5O/c1-2-15(24-11-14(19)9-20-24)17(25)21-16-6-7-23(22-16)10-12-4-3-5-13(18)8-12/h3-9,11,15H,2,10H2,1H3,(H,21,22,25). The summed E-state index contributed by atoms with van der Waals surface area (Å²) in [6.07, 6.45) is 5.54. The van der Waals surface area contributed by atoms with Gasteiger partial charge < -0.3 is 5.32 Å². The van der Waals surface area contributed by atoms with Gasteiger partial charge in [-0.3, -0.25) is 14.2 Å². The van der Waals surface area contributed by atoms with Gasteiger partial charge in [0, 0.05) is 23.5 Å². The van der Waals surface area contributed by atoms with E-state index in [0.29, 0.717) is 28.8 Å². The molecule has 2 aromatic heterocycles. The van der Waals surface area contributed by atoms with Crippen molar-refractivity contribution in [2.45, 2.75) is 25.9 Å². The lowest BCUT2D eigenvalue weighted by molar-refractivity contribution is -0.119. The summed E-state index contributed by atoms with van der Waals surface area (Å²) < 4.78 is 3.30. The maximum absolute atomic E-state index is 12.5. The molecule has 1 aromatic carbocycles. The van der Waals surface area contributed by atoms with E-state index >= 15 is 0 Å². The largest absolute Gasteiger partial charge is 0.307 e. The average molecular weight is 378 g/mol. The van der Waals surface area contributed by atoms with Gasteiger partial charge >= 0.3 is 0 Å². The molecule has 8 heteroatoms. The SMILES string of the molecule is CCC(C(=O)Nc1ccn(Cc2cccc(Cl)c2)n1)n1cc(Cl)cn1. The van der Waals surface area contributed by atoms with Crippen LogP contribution < -0.4 is 5.32 Å². The fraction of sp³-hybridized carbons (Fsp3) is 0.235. The number of hydrogen-bond donors (Lipinski definition) is 1. The Kier molecular flexibility index (Phi) is 5.40. The third kappa shape index (κ3) is 4.41. The molecule has 0 aliphatic heterocycles. The smallest absolute Gasteiger partial charge is 0.250 e. The summed E-state index contributed by atoms with van der Waals surface area (Å²) >= 11 is 11.9. The molecule has 1 N–H and O–H groups in total. The van der Waals surface area contributed by atoms with Gasteiger partial charge in [0.2, 0.25) is 5.91 Å². The highest BCUT2D eigenvalue weighted by molar-refractivity contribution is 6.30. The van der Waals surface area contributed by atoms with Crippen LogP contribution in [0.2, 0.25) is 10.0 Å². The first-order chi connectivity index (χ1) is 12.0. The summed E-state index contributed by atoms with van der Waals surface area (Å²) in [5, 5.41) is 12.5. The summed E-state index contributed by atoms with van der Waals surface area (Å²) in [5.74, 6) is 0.305. The third-order valence-electron chi connectivity index (χ3n) is 3.70. The maximum atomic E-state index is 12.5. The number of nitrogens with one attached hydrogen (secondary N) is 1. The van der Waals surface area contributed by atoms with Crippen LogP contribution in [-0.4, -0.2) is 25.5 Å². The number of carbonyl (C=O) groups excluding carboxylic acids is 1. The predicted molar refractivity (Wildman–Crippen MR) is 98.0 cm³/mol. The average Bonchev–Trinajstić information content (AvgIpc) is 3.17. The molecule has 0 fully saturated rings. The van der Waals surface area contributed by atoms with E-state index in [1.54, 1.807) is 21.6 Å². The molecule has 1 atom stereocenters. The highest BCUT2D eigenvalue weighted by atomic mass is 35.5. The van der Waals surface area contributed by atoms with Crippen LogP contribution in [0.25, 0.3) is 0 Å². The van der Waals surface area contributed by atoms with E-state index in [4.69, 9.17) is 23.2 Å². The van der Waals surface area contributed by atoms with E-state index in [1.165, 1.54) is 6.20 Å². The molecule has 0 radical (unpaired) electrons. The zero-order valence-corrected chi connectivity index (χ0v) is 15.1.